The van der Waals surface area contributed by atoms with Gasteiger partial charge in [0, 0.05) is 55.4 Å². The van der Waals surface area contributed by atoms with Crippen LogP contribution in [0.25, 0.3) is 28.0 Å². The molecule has 0 aromatic carbocycles. The average molecular weight is 563 g/mol. The second kappa shape index (κ2) is 9.73. The van der Waals surface area contributed by atoms with Gasteiger partial charge >= 0.3 is 0 Å². The van der Waals surface area contributed by atoms with E-state index in [1.807, 2.05) is 38.5 Å². The highest BCUT2D eigenvalue weighted by Crippen LogP contribution is 2.44. The van der Waals surface area contributed by atoms with Crippen LogP contribution in [0.3, 0.4) is 0 Å². The minimum atomic E-state index is -0.619. The van der Waals surface area contributed by atoms with Crippen molar-refractivity contribution in [2.45, 2.75) is 25.3 Å². The molecule has 1 saturated carbocycles. The Hall–Kier alpha value is -5.18. The second-order valence-corrected chi connectivity index (χ2v) is 11.4. The third-order valence-corrected chi connectivity index (χ3v) is 8.37. The van der Waals surface area contributed by atoms with Crippen molar-refractivity contribution in [2.24, 2.45) is 18.9 Å². The quantitative estimate of drug-likeness (QED) is 0.344. The van der Waals surface area contributed by atoms with Crippen molar-refractivity contribution in [3.05, 3.63) is 78.5 Å². The number of nitrogens with one attached hydrogen (secondary N) is 1. The maximum atomic E-state index is 14.1. The summed E-state index contributed by atoms with van der Waals surface area (Å²) in [5.41, 5.74) is 3.55. The van der Waals surface area contributed by atoms with E-state index >= 15 is 0 Å². The van der Waals surface area contributed by atoms with Crippen LogP contribution in [0.1, 0.15) is 35.8 Å². The van der Waals surface area contributed by atoms with Gasteiger partial charge in [0.25, 0.3) is 5.91 Å². The third kappa shape index (κ3) is 4.43. The van der Waals surface area contributed by atoms with Crippen LogP contribution in [0.15, 0.2) is 61.4 Å². The van der Waals surface area contributed by atoms with Crippen LogP contribution in [-0.2, 0) is 7.05 Å². The lowest BCUT2D eigenvalue weighted by Crippen LogP contribution is -2.45. The number of hydrogen-bond donors (Lipinski definition) is 1. The summed E-state index contributed by atoms with van der Waals surface area (Å²) in [6.07, 6.45) is 11.8. The first-order valence-electron chi connectivity index (χ1n) is 13.7. The van der Waals surface area contributed by atoms with Crippen LogP contribution in [-0.4, -0.2) is 58.9 Å². The maximum Gasteiger partial charge on any atom is 0.273 e. The number of nitriles is 1. The Morgan fingerprint density at radius 3 is 2.60 bits per heavy atom. The number of aryl methyl sites for hydroxylation is 1. The van der Waals surface area contributed by atoms with Crippen molar-refractivity contribution in [1.82, 2.24) is 39.7 Å². The van der Waals surface area contributed by atoms with Gasteiger partial charge in [-0.1, -0.05) is 0 Å². The number of rotatable bonds is 5. The Labute approximate surface area is 240 Å². The summed E-state index contributed by atoms with van der Waals surface area (Å²) in [6, 6.07) is 8.83. The van der Waals surface area contributed by atoms with Gasteiger partial charge in [0.1, 0.15) is 11.9 Å². The normalized spacial score (nSPS) is 21.4. The largest absolute Gasteiger partial charge is 0.355 e. The van der Waals surface area contributed by atoms with Gasteiger partial charge in [-0.15, -0.1) is 0 Å². The molecule has 12 heteroatoms. The highest BCUT2D eigenvalue weighted by atomic mass is 19.1. The lowest BCUT2D eigenvalue weighted by molar-refractivity contribution is 0.0895. The van der Waals surface area contributed by atoms with Crippen LogP contribution in [0, 0.1) is 29.0 Å². The minimum Gasteiger partial charge on any atom is -0.355 e. The lowest BCUT2D eigenvalue weighted by atomic mass is 9.97. The number of anilines is 1. The van der Waals surface area contributed by atoms with Crippen molar-refractivity contribution in [3.63, 3.8) is 0 Å². The molecule has 7 rings (SSSR count). The molecule has 1 aliphatic carbocycles. The van der Waals surface area contributed by atoms with Crippen molar-refractivity contribution >= 4 is 17.2 Å². The van der Waals surface area contributed by atoms with E-state index < -0.39 is 17.3 Å². The van der Waals surface area contributed by atoms with Crippen molar-refractivity contribution in [1.29, 1.82) is 5.26 Å². The molecule has 1 unspecified atom stereocenters. The van der Waals surface area contributed by atoms with Gasteiger partial charge in [-0.05, 0) is 55.9 Å². The molecular weight excluding hydrogens is 535 g/mol. The molecule has 2 aliphatic rings. The van der Waals surface area contributed by atoms with Gasteiger partial charge in [-0.3, -0.25) is 14.5 Å². The first kappa shape index (κ1) is 25.8. The fourth-order valence-electron chi connectivity index (χ4n) is 6.55. The Kier molecular flexibility index (Phi) is 5.97. The van der Waals surface area contributed by atoms with Crippen molar-refractivity contribution < 1.29 is 9.18 Å². The number of carbonyl (C=O) groups is 1. The number of hydrogen-bond acceptors (Lipinski definition) is 8. The van der Waals surface area contributed by atoms with Crippen LogP contribution >= 0.6 is 0 Å². The molecule has 0 bridgehead atoms. The SMILES string of the molecule is Cn1ccc(-c2cc(-c3cnc(N4C[C@@H]5CC(C)(NC(=O)c6ncccc6F)C[C@@H]5C4)cn3)c3c(C#N)cnn3c2)n1. The van der Waals surface area contributed by atoms with Gasteiger partial charge in [0.15, 0.2) is 11.5 Å². The van der Waals surface area contributed by atoms with E-state index in [1.54, 1.807) is 27.8 Å². The second-order valence-electron chi connectivity index (χ2n) is 11.4. The van der Waals surface area contributed by atoms with Crippen molar-refractivity contribution in [3.8, 4) is 28.6 Å². The van der Waals surface area contributed by atoms with E-state index in [1.165, 1.54) is 18.3 Å². The first-order valence-corrected chi connectivity index (χ1v) is 13.7. The number of pyridine rings is 2. The monoisotopic (exact) mass is 562 g/mol. The van der Waals surface area contributed by atoms with E-state index in [4.69, 9.17) is 9.97 Å². The zero-order valence-electron chi connectivity index (χ0n) is 23.1. The van der Waals surface area contributed by atoms with Gasteiger partial charge in [-0.2, -0.15) is 15.5 Å². The van der Waals surface area contributed by atoms with Crippen LogP contribution < -0.4 is 10.2 Å². The molecule has 1 amide bonds. The molecule has 3 atom stereocenters. The molecule has 1 N–H and O–H groups in total. The summed E-state index contributed by atoms with van der Waals surface area (Å²) in [7, 11) is 1.86. The Bertz CT molecular complexity index is 1860. The topological polar surface area (TPSA) is 130 Å². The molecule has 210 valence electrons. The first-order chi connectivity index (χ1) is 20.3. The van der Waals surface area contributed by atoms with Gasteiger partial charge in [0.2, 0.25) is 0 Å². The third-order valence-electron chi connectivity index (χ3n) is 8.37. The highest BCUT2D eigenvalue weighted by Gasteiger charge is 2.48. The lowest BCUT2D eigenvalue weighted by Gasteiger charge is -2.28. The number of nitrogens with zero attached hydrogens (tertiary/aromatic N) is 9. The van der Waals surface area contributed by atoms with E-state index in [-0.39, 0.29) is 5.69 Å². The van der Waals surface area contributed by atoms with Gasteiger partial charge < -0.3 is 10.2 Å². The number of aromatic nitrogens is 7. The number of carbonyl (C=O) groups excluding carboxylic acids is 1. The summed E-state index contributed by atoms with van der Waals surface area (Å²) in [6.45, 7) is 3.61. The fourth-order valence-corrected chi connectivity index (χ4v) is 6.55. The zero-order chi connectivity index (χ0) is 29.0. The molecule has 0 spiro atoms. The van der Waals surface area contributed by atoms with Crippen LogP contribution in [0.2, 0.25) is 0 Å². The summed E-state index contributed by atoms with van der Waals surface area (Å²) in [5, 5.41) is 21.6. The average Bonchev–Trinajstić information content (AvgIpc) is 3.75. The molecule has 5 aromatic rings. The Morgan fingerprint density at radius 2 is 1.93 bits per heavy atom. The standard InChI is InChI=1S/C30H27FN10O/c1-30(37-29(42)27-23(31)4-3-6-33-27)9-19-15-40(16-20(19)10-30)26-14-34-25(13-35-26)22-8-18(24-5-7-39(2)38-24)17-41-28(22)21(11-32)12-36-41/h3-8,12-14,17,19-20H,9-10,15-16H2,1-2H3,(H,37,42)/t19-,20+,30?. The number of halogens is 1. The van der Waals surface area contributed by atoms with E-state index in [0.717, 1.165) is 48.6 Å². The summed E-state index contributed by atoms with van der Waals surface area (Å²) >= 11 is 0. The van der Waals surface area contributed by atoms with E-state index in [2.05, 4.69) is 31.5 Å². The predicted octanol–water partition coefficient (Wildman–Crippen LogP) is 3.63. The van der Waals surface area contributed by atoms with Crippen LogP contribution in [0.4, 0.5) is 10.2 Å². The summed E-state index contributed by atoms with van der Waals surface area (Å²) in [4.78, 5) is 28.4. The molecule has 1 saturated heterocycles. The minimum absolute atomic E-state index is 0.173. The fraction of sp³-hybridized carbons (Fsp3) is 0.300. The molecule has 11 nitrogen and oxygen atoms in total. The molecule has 1 aliphatic heterocycles. The van der Waals surface area contributed by atoms with Crippen LogP contribution in [0.5, 0.6) is 0 Å². The molecule has 0 radical (unpaired) electrons. The van der Waals surface area contributed by atoms with Crippen molar-refractivity contribution in [2.75, 3.05) is 18.0 Å². The Balaban J connectivity index is 1.09. The molecular formula is C30H27FN10O. The zero-order valence-corrected chi connectivity index (χ0v) is 23.1. The summed E-state index contributed by atoms with van der Waals surface area (Å²) in [5.74, 6) is 0.412. The number of amides is 1. The highest BCUT2D eigenvalue weighted by molar-refractivity contribution is 5.93. The maximum absolute atomic E-state index is 14.1. The Morgan fingerprint density at radius 1 is 1.12 bits per heavy atom. The molecule has 6 heterocycles. The van der Waals surface area contributed by atoms with E-state index in [9.17, 15) is 14.4 Å². The molecule has 5 aromatic heterocycles. The number of fused-ring (bicyclic) bond motifs is 2. The van der Waals surface area contributed by atoms with Gasteiger partial charge in [-0.25, -0.2) is 18.9 Å². The smallest absolute Gasteiger partial charge is 0.273 e. The molecule has 42 heavy (non-hydrogen) atoms. The van der Waals surface area contributed by atoms with E-state index in [0.29, 0.717) is 28.6 Å². The summed E-state index contributed by atoms with van der Waals surface area (Å²) < 4.78 is 17.5. The molecule has 2 fully saturated rings. The van der Waals surface area contributed by atoms with Gasteiger partial charge in [0.05, 0.1) is 41.1 Å². The predicted molar refractivity (Wildman–Crippen MR) is 152 cm³/mol.